The molecule has 0 bridgehead atoms. The second kappa shape index (κ2) is 11.4. The van der Waals surface area contributed by atoms with Crippen molar-refractivity contribution in [3.8, 4) is 0 Å². The van der Waals surface area contributed by atoms with Crippen molar-refractivity contribution in [1.82, 2.24) is 9.88 Å². The van der Waals surface area contributed by atoms with Crippen LogP contribution in [0.3, 0.4) is 0 Å². The molecule has 1 heterocycles. The van der Waals surface area contributed by atoms with E-state index in [0.29, 0.717) is 36.9 Å². The number of rotatable bonds is 10. The number of anilines is 1. The van der Waals surface area contributed by atoms with Crippen LogP contribution < -0.4 is 5.32 Å². The maximum absolute atomic E-state index is 13.4. The Morgan fingerprint density at radius 2 is 2.11 bits per heavy atom. The van der Waals surface area contributed by atoms with E-state index >= 15 is 0 Å². The lowest BCUT2D eigenvalue weighted by molar-refractivity contribution is 0.0520. The fourth-order valence-corrected chi connectivity index (χ4v) is 3.15. The number of halogens is 1. The molecule has 28 heavy (non-hydrogen) atoms. The van der Waals surface area contributed by atoms with Gasteiger partial charge in [0.15, 0.2) is 5.69 Å². The van der Waals surface area contributed by atoms with E-state index in [0.717, 1.165) is 0 Å². The third kappa shape index (κ3) is 6.90. The van der Waals surface area contributed by atoms with Crippen LogP contribution in [0.25, 0.3) is 0 Å². The number of nitrogens with one attached hydrogen (secondary N) is 1. The lowest BCUT2D eigenvalue weighted by Crippen LogP contribution is -2.35. The molecule has 152 valence electrons. The summed E-state index contributed by atoms with van der Waals surface area (Å²) in [6.07, 6.45) is 0.639. The highest BCUT2D eigenvalue weighted by atomic mass is 32.1. The number of nitrogens with zero attached hydrogens (tertiary/aromatic N) is 2. The predicted molar refractivity (Wildman–Crippen MR) is 105 cm³/mol. The first-order valence-electron chi connectivity index (χ1n) is 9.04. The number of aromatic nitrogens is 1. The Labute approximate surface area is 167 Å². The van der Waals surface area contributed by atoms with E-state index < -0.39 is 11.8 Å². The van der Waals surface area contributed by atoms with Gasteiger partial charge in [-0.2, -0.15) is 0 Å². The van der Waals surface area contributed by atoms with Crippen LogP contribution in [-0.4, -0.2) is 48.2 Å². The molecule has 0 aliphatic heterocycles. The molecule has 0 spiro atoms. The Morgan fingerprint density at radius 3 is 2.82 bits per heavy atom. The minimum Gasteiger partial charge on any atom is -0.461 e. The molecular weight excluding hydrogens is 385 g/mol. The average molecular weight is 409 g/mol. The summed E-state index contributed by atoms with van der Waals surface area (Å²) in [6.45, 7) is 5.66. The van der Waals surface area contributed by atoms with E-state index in [1.165, 1.54) is 29.5 Å². The van der Waals surface area contributed by atoms with E-state index in [-0.39, 0.29) is 24.9 Å². The first-order chi connectivity index (χ1) is 13.5. The third-order valence-corrected chi connectivity index (χ3v) is 4.48. The Morgan fingerprint density at radius 1 is 1.29 bits per heavy atom. The molecule has 0 unspecified atom stereocenters. The normalized spacial score (nSPS) is 10.5. The zero-order valence-electron chi connectivity index (χ0n) is 15.9. The molecule has 2 rings (SSSR count). The first kappa shape index (κ1) is 21.8. The molecule has 2 aromatic rings. The van der Waals surface area contributed by atoms with Crippen molar-refractivity contribution < 1.29 is 23.5 Å². The quantitative estimate of drug-likeness (QED) is 0.475. The standard InChI is InChI=1S/C19H24FN3O4S/c1-3-26-10-6-9-23(19(25)21-15-8-5-7-14(20)11-15)12-17-22-16(13-28-17)18(24)27-4-2/h5,7-8,11,13H,3-4,6,9-10,12H2,1-2H3,(H,21,25). The molecule has 9 heteroatoms. The zero-order valence-corrected chi connectivity index (χ0v) is 16.8. The van der Waals surface area contributed by atoms with Crippen LogP contribution in [-0.2, 0) is 16.0 Å². The molecule has 0 fully saturated rings. The van der Waals surface area contributed by atoms with Crippen molar-refractivity contribution in [1.29, 1.82) is 0 Å². The van der Waals surface area contributed by atoms with Gasteiger partial charge in [0.25, 0.3) is 0 Å². The second-order valence-corrected chi connectivity index (χ2v) is 6.70. The van der Waals surface area contributed by atoms with Gasteiger partial charge in [0, 0.05) is 30.8 Å². The molecule has 1 aromatic heterocycles. The van der Waals surface area contributed by atoms with Crippen LogP contribution in [0.1, 0.15) is 35.8 Å². The smallest absolute Gasteiger partial charge is 0.357 e. The van der Waals surface area contributed by atoms with E-state index in [1.807, 2.05) is 6.92 Å². The van der Waals surface area contributed by atoms with Gasteiger partial charge in [0.1, 0.15) is 10.8 Å². The summed E-state index contributed by atoms with van der Waals surface area (Å²) in [5.74, 6) is -0.920. The summed E-state index contributed by atoms with van der Waals surface area (Å²) >= 11 is 1.28. The fraction of sp³-hybridized carbons (Fsp3) is 0.421. The molecule has 7 nitrogen and oxygen atoms in total. The minimum absolute atomic E-state index is 0.220. The number of urea groups is 1. The van der Waals surface area contributed by atoms with Crippen molar-refractivity contribution >= 4 is 29.0 Å². The summed E-state index contributed by atoms with van der Waals surface area (Å²) in [7, 11) is 0. The SMILES string of the molecule is CCOCCCN(Cc1nc(C(=O)OCC)cs1)C(=O)Nc1cccc(F)c1. The van der Waals surface area contributed by atoms with Gasteiger partial charge >= 0.3 is 12.0 Å². The third-order valence-electron chi connectivity index (χ3n) is 3.65. The molecule has 2 amide bonds. The van der Waals surface area contributed by atoms with Gasteiger partial charge in [-0.15, -0.1) is 11.3 Å². The summed E-state index contributed by atoms with van der Waals surface area (Å²) in [4.78, 5) is 30.2. The number of amides is 2. The zero-order chi connectivity index (χ0) is 20.4. The number of esters is 1. The van der Waals surface area contributed by atoms with Gasteiger partial charge < -0.3 is 19.7 Å². The molecule has 1 aromatic carbocycles. The van der Waals surface area contributed by atoms with Crippen LogP contribution in [0, 0.1) is 5.82 Å². The van der Waals surface area contributed by atoms with Gasteiger partial charge in [-0.1, -0.05) is 6.07 Å². The predicted octanol–water partition coefficient (Wildman–Crippen LogP) is 3.92. The van der Waals surface area contributed by atoms with E-state index in [9.17, 15) is 14.0 Å². The van der Waals surface area contributed by atoms with Gasteiger partial charge in [0.05, 0.1) is 13.2 Å². The lowest BCUT2D eigenvalue weighted by Gasteiger charge is -2.22. The van der Waals surface area contributed by atoms with Crippen LogP contribution in [0.4, 0.5) is 14.9 Å². The van der Waals surface area contributed by atoms with Gasteiger partial charge in [0.2, 0.25) is 0 Å². The Bertz CT molecular complexity index is 784. The molecule has 0 saturated heterocycles. The number of hydrogen-bond donors (Lipinski definition) is 1. The van der Waals surface area contributed by atoms with Crippen molar-refractivity contribution in [2.24, 2.45) is 0 Å². The number of ether oxygens (including phenoxy) is 2. The molecular formula is C19H24FN3O4S. The van der Waals surface area contributed by atoms with Crippen molar-refractivity contribution in [2.45, 2.75) is 26.8 Å². The Kier molecular flexibility index (Phi) is 8.83. The van der Waals surface area contributed by atoms with Gasteiger partial charge in [-0.05, 0) is 38.5 Å². The molecule has 0 aliphatic carbocycles. The topological polar surface area (TPSA) is 80.8 Å². The van der Waals surface area contributed by atoms with Crippen LogP contribution in [0.2, 0.25) is 0 Å². The summed E-state index contributed by atoms with van der Waals surface area (Å²) in [6, 6.07) is 5.31. The van der Waals surface area contributed by atoms with Crippen LogP contribution in [0.5, 0.6) is 0 Å². The molecule has 0 radical (unpaired) electrons. The minimum atomic E-state index is -0.489. The largest absolute Gasteiger partial charge is 0.461 e. The van der Waals surface area contributed by atoms with Crippen molar-refractivity contribution in [3.63, 3.8) is 0 Å². The Hall–Kier alpha value is -2.52. The van der Waals surface area contributed by atoms with Crippen molar-refractivity contribution in [3.05, 3.63) is 46.2 Å². The van der Waals surface area contributed by atoms with Gasteiger partial charge in [-0.25, -0.2) is 19.0 Å². The highest BCUT2D eigenvalue weighted by molar-refractivity contribution is 7.09. The number of carbonyl (C=O) groups is 2. The van der Waals surface area contributed by atoms with Crippen LogP contribution in [0.15, 0.2) is 29.6 Å². The highest BCUT2D eigenvalue weighted by Gasteiger charge is 2.18. The number of benzene rings is 1. The molecule has 1 N–H and O–H groups in total. The maximum Gasteiger partial charge on any atom is 0.357 e. The number of hydrogen-bond acceptors (Lipinski definition) is 6. The van der Waals surface area contributed by atoms with E-state index in [4.69, 9.17) is 9.47 Å². The van der Waals surface area contributed by atoms with E-state index in [1.54, 1.807) is 23.3 Å². The first-order valence-corrected chi connectivity index (χ1v) is 9.92. The highest BCUT2D eigenvalue weighted by Crippen LogP contribution is 2.16. The lowest BCUT2D eigenvalue weighted by atomic mass is 10.3. The summed E-state index contributed by atoms with van der Waals surface area (Å²) < 4.78 is 23.6. The summed E-state index contributed by atoms with van der Waals surface area (Å²) in [5, 5.41) is 4.90. The van der Waals surface area contributed by atoms with Crippen molar-refractivity contribution in [2.75, 3.05) is 31.7 Å². The molecule has 0 saturated carbocycles. The number of thiazole rings is 1. The summed E-state index contributed by atoms with van der Waals surface area (Å²) in [5.41, 5.74) is 0.591. The Balaban J connectivity index is 2.05. The monoisotopic (exact) mass is 409 g/mol. The molecule has 0 atom stereocenters. The van der Waals surface area contributed by atoms with Crippen LogP contribution >= 0.6 is 11.3 Å². The average Bonchev–Trinajstić information content (AvgIpc) is 3.13. The molecule has 0 aliphatic rings. The van der Waals surface area contributed by atoms with E-state index in [2.05, 4.69) is 10.3 Å². The fourth-order valence-electron chi connectivity index (χ4n) is 2.37. The number of carbonyl (C=O) groups excluding carboxylic acids is 2. The second-order valence-electron chi connectivity index (χ2n) is 5.76. The maximum atomic E-state index is 13.4. The van der Waals surface area contributed by atoms with Gasteiger partial charge in [-0.3, -0.25) is 0 Å².